The zero-order valence-electron chi connectivity index (χ0n) is 9.34. The molecule has 0 bridgehead atoms. The van der Waals surface area contributed by atoms with Crippen LogP contribution in [0.1, 0.15) is 0 Å². The third kappa shape index (κ3) is 2.51. The molecule has 0 saturated carbocycles. The number of nitrogens with one attached hydrogen (secondary N) is 1. The highest BCUT2D eigenvalue weighted by Crippen LogP contribution is 2.25. The summed E-state index contributed by atoms with van der Waals surface area (Å²) in [6, 6.07) is 5.98. The van der Waals surface area contributed by atoms with E-state index in [1.165, 1.54) is 19.2 Å². The molecule has 1 aliphatic heterocycles. The van der Waals surface area contributed by atoms with Gasteiger partial charge in [-0.15, -0.1) is 0 Å². The van der Waals surface area contributed by atoms with Crippen LogP contribution in [0.15, 0.2) is 29.3 Å². The molecule has 1 aliphatic rings. The van der Waals surface area contributed by atoms with E-state index in [1.807, 2.05) is 0 Å². The second-order valence-corrected chi connectivity index (χ2v) is 4.47. The molecular formula is C11H9FN2O3S. The van der Waals surface area contributed by atoms with Crippen molar-refractivity contribution < 1.29 is 18.7 Å². The normalized spacial score (nSPS) is 18.4. The standard InChI is InChI=1S/C11H9FN2O3S/c1-17-10(16)8-9(15)14-11(18-8)13-7-5-3-2-4-6(7)12/h2-5,8H,1H3,(H,13,14,15). The maximum atomic E-state index is 13.4. The van der Waals surface area contributed by atoms with Gasteiger partial charge in [-0.1, -0.05) is 23.9 Å². The number of halogens is 1. The number of ether oxygens (including phenoxy) is 1. The van der Waals surface area contributed by atoms with Gasteiger partial charge in [0.1, 0.15) is 5.82 Å². The molecule has 5 nitrogen and oxygen atoms in total. The summed E-state index contributed by atoms with van der Waals surface area (Å²) in [5, 5.41) is 1.83. The Kier molecular flexibility index (Phi) is 3.61. The highest BCUT2D eigenvalue weighted by molar-refractivity contribution is 8.16. The van der Waals surface area contributed by atoms with Crippen molar-refractivity contribution in [3.8, 4) is 0 Å². The van der Waals surface area contributed by atoms with Crippen LogP contribution in [0.2, 0.25) is 0 Å². The van der Waals surface area contributed by atoms with Crippen molar-refractivity contribution >= 4 is 34.5 Å². The number of para-hydroxylation sites is 1. The molecule has 18 heavy (non-hydrogen) atoms. The van der Waals surface area contributed by atoms with E-state index >= 15 is 0 Å². The van der Waals surface area contributed by atoms with Gasteiger partial charge in [0.2, 0.25) is 0 Å². The maximum absolute atomic E-state index is 13.4. The summed E-state index contributed by atoms with van der Waals surface area (Å²) in [6.07, 6.45) is 0. The van der Waals surface area contributed by atoms with Gasteiger partial charge in [-0.3, -0.25) is 9.59 Å². The quantitative estimate of drug-likeness (QED) is 0.649. The number of esters is 1. The average molecular weight is 268 g/mol. The molecule has 1 atom stereocenters. The summed E-state index contributed by atoms with van der Waals surface area (Å²) in [7, 11) is 1.19. The highest BCUT2D eigenvalue weighted by Gasteiger charge is 2.35. The van der Waals surface area contributed by atoms with Gasteiger partial charge in [-0.25, -0.2) is 4.39 Å². The Balaban J connectivity index is 2.09. The monoisotopic (exact) mass is 268 g/mol. The van der Waals surface area contributed by atoms with Crippen molar-refractivity contribution in [1.82, 2.24) is 0 Å². The summed E-state index contributed by atoms with van der Waals surface area (Å²) in [5.41, 5.74) is 0.196. The van der Waals surface area contributed by atoms with E-state index in [0.29, 0.717) is 0 Å². The number of amides is 1. The number of rotatable bonds is 2. The van der Waals surface area contributed by atoms with Crippen molar-refractivity contribution in [2.45, 2.75) is 5.25 Å². The Labute approximate surface area is 106 Å². The Morgan fingerprint density at radius 3 is 2.89 bits per heavy atom. The van der Waals surface area contributed by atoms with Gasteiger partial charge in [0, 0.05) is 0 Å². The fraction of sp³-hybridized carbons (Fsp3) is 0.182. The molecule has 0 fully saturated rings. The number of methoxy groups -OCH3 is 1. The van der Waals surface area contributed by atoms with Crippen LogP contribution >= 0.6 is 11.8 Å². The van der Waals surface area contributed by atoms with Crippen molar-refractivity contribution in [2.75, 3.05) is 12.4 Å². The first-order chi connectivity index (χ1) is 8.61. The predicted molar refractivity (Wildman–Crippen MR) is 65.9 cm³/mol. The number of amidine groups is 1. The van der Waals surface area contributed by atoms with E-state index in [1.54, 1.807) is 12.1 Å². The minimum atomic E-state index is -1.01. The number of anilines is 1. The number of thioether (sulfide) groups is 1. The van der Waals surface area contributed by atoms with Crippen LogP contribution in [0.4, 0.5) is 10.1 Å². The molecule has 0 spiro atoms. The smallest absolute Gasteiger partial charge is 0.329 e. The second kappa shape index (κ2) is 5.18. The van der Waals surface area contributed by atoms with Gasteiger partial charge in [-0.05, 0) is 12.1 Å². The summed E-state index contributed by atoms with van der Waals surface area (Å²) in [6.45, 7) is 0. The highest BCUT2D eigenvalue weighted by atomic mass is 32.2. The molecule has 1 amide bonds. The largest absolute Gasteiger partial charge is 0.468 e. The first kappa shape index (κ1) is 12.6. The number of carbonyl (C=O) groups excluding carboxylic acids is 2. The summed E-state index contributed by atoms with van der Waals surface area (Å²) in [4.78, 5) is 26.3. The van der Waals surface area contributed by atoms with Gasteiger partial charge in [0.15, 0.2) is 10.4 Å². The molecule has 0 aromatic heterocycles. The molecule has 7 heteroatoms. The summed E-state index contributed by atoms with van der Waals surface area (Å²) >= 11 is 0.903. The number of hydrogen-bond acceptors (Lipinski definition) is 5. The van der Waals surface area contributed by atoms with Crippen LogP contribution in [-0.2, 0) is 14.3 Å². The molecule has 0 saturated heterocycles. The average Bonchev–Trinajstić information content (AvgIpc) is 2.72. The van der Waals surface area contributed by atoms with Crippen LogP contribution in [0.5, 0.6) is 0 Å². The number of aliphatic imine (C=N–C) groups is 1. The van der Waals surface area contributed by atoms with Crippen LogP contribution in [0.3, 0.4) is 0 Å². The van der Waals surface area contributed by atoms with Gasteiger partial charge in [0.05, 0.1) is 12.8 Å². The van der Waals surface area contributed by atoms with E-state index in [2.05, 4.69) is 15.0 Å². The van der Waals surface area contributed by atoms with Crippen LogP contribution in [0.25, 0.3) is 0 Å². The first-order valence-corrected chi connectivity index (χ1v) is 5.88. The number of benzene rings is 1. The zero-order chi connectivity index (χ0) is 13.1. The van der Waals surface area contributed by atoms with E-state index in [9.17, 15) is 14.0 Å². The van der Waals surface area contributed by atoms with Crippen molar-refractivity contribution in [3.05, 3.63) is 30.1 Å². The Bertz CT molecular complexity index is 533. The molecule has 0 aliphatic carbocycles. The van der Waals surface area contributed by atoms with Gasteiger partial charge in [-0.2, -0.15) is 4.99 Å². The molecule has 0 radical (unpaired) electrons. The van der Waals surface area contributed by atoms with Crippen molar-refractivity contribution in [1.29, 1.82) is 0 Å². The lowest BCUT2D eigenvalue weighted by Gasteiger charge is -2.06. The minimum Gasteiger partial charge on any atom is -0.468 e. The van der Waals surface area contributed by atoms with E-state index < -0.39 is 22.9 Å². The Hall–Kier alpha value is -1.89. The van der Waals surface area contributed by atoms with E-state index in [0.717, 1.165) is 11.8 Å². The molecular weight excluding hydrogens is 259 g/mol. The van der Waals surface area contributed by atoms with Crippen molar-refractivity contribution in [3.63, 3.8) is 0 Å². The van der Waals surface area contributed by atoms with E-state index in [4.69, 9.17) is 0 Å². The third-order valence-electron chi connectivity index (χ3n) is 2.20. The minimum absolute atomic E-state index is 0.181. The lowest BCUT2D eigenvalue weighted by molar-refractivity contribution is -0.142. The summed E-state index contributed by atoms with van der Waals surface area (Å²) in [5.74, 6) is -1.74. The van der Waals surface area contributed by atoms with Gasteiger partial charge < -0.3 is 10.1 Å². The SMILES string of the molecule is COC(=O)C1SC(Nc2ccccc2F)=NC1=O. The molecule has 1 aromatic carbocycles. The van der Waals surface area contributed by atoms with Crippen LogP contribution < -0.4 is 5.32 Å². The molecule has 1 aromatic rings. The Morgan fingerprint density at radius 2 is 2.22 bits per heavy atom. The molecule has 1 heterocycles. The molecule has 94 valence electrons. The number of nitrogens with zero attached hydrogens (tertiary/aromatic N) is 1. The van der Waals surface area contributed by atoms with Crippen LogP contribution in [0, 0.1) is 5.82 Å². The number of carbonyl (C=O) groups is 2. The zero-order valence-corrected chi connectivity index (χ0v) is 10.2. The third-order valence-corrected chi connectivity index (χ3v) is 3.24. The maximum Gasteiger partial charge on any atom is 0.329 e. The summed E-state index contributed by atoms with van der Waals surface area (Å²) < 4.78 is 17.8. The fourth-order valence-electron chi connectivity index (χ4n) is 1.34. The fourth-order valence-corrected chi connectivity index (χ4v) is 2.22. The van der Waals surface area contributed by atoms with Gasteiger partial charge >= 0.3 is 5.97 Å². The van der Waals surface area contributed by atoms with E-state index in [-0.39, 0.29) is 10.9 Å². The lowest BCUT2D eigenvalue weighted by Crippen LogP contribution is -2.24. The first-order valence-electron chi connectivity index (χ1n) is 5.00. The molecule has 1 unspecified atom stereocenters. The topological polar surface area (TPSA) is 67.8 Å². The number of hydrogen-bond donors (Lipinski definition) is 1. The second-order valence-electron chi connectivity index (χ2n) is 3.38. The lowest BCUT2D eigenvalue weighted by atomic mass is 10.3. The van der Waals surface area contributed by atoms with Crippen molar-refractivity contribution in [2.24, 2.45) is 4.99 Å². The Morgan fingerprint density at radius 1 is 1.50 bits per heavy atom. The predicted octanol–water partition coefficient (Wildman–Crippen LogP) is 1.41. The molecule has 1 N–H and O–H groups in total. The molecule has 2 rings (SSSR count). The van der Waals surface area contributed by atoms with Crippen LogP contribution in [-0.4, -0.2) is 29.4 Å². The van der Waals surface area contributed by atoms with Gasteiger partial charge in [0.25, 0.3) is 5.91 Å².